The van der Waals surface area contributed by atoms with E-state index in [9.17, 15) is 9.59 Å². The third-order valence-corrected chi connectivity index (χ3v) is 6.17. The molecule has 158 valence electrons. The third kappa shape index (κ3) is 3.72. The molecule has 4 rings (SSSR count). The van der Waals surface area contributed by atoms with Crippen LogP contribution >= 0.6 is 0 Å². The minimum absolute atomic E-state index is 0.0775. The lowest BCUT2D eigenvalue weighted by molar-refractivity contribution is 0.0963. The first kappa shape index (κ1) is 20.8. The van der Waals surface area contributed by atoms with E-state index >= 15 is 0 Å². The van der Waals surface area contributed by atoms with Crippen LogP contribution in [-0.4, -0.2) is 24.2 Å². The van der Waals surface area contributed by atoms with Gasteiger partial charge in [-0.3, -0.25) is 14.6 Å². The Kier molecular flexibility index (Phi) is 5.59. The van der Waals surface area contributed by atoms with Gasteiger partial charge in [0.05, 0.1) is 0 Å². The van der Waals surface area contributed by atoms with Crippen LogP contribution in [-0.2, 0) is 12.0 Å². The van der Waals surface area contributed by atoms with Crippen LogP contribution in [0.5, 0.6) is 0 Å². The fourth-order valence-corrected chi connectivity index (χ4v) is 4.95. The van der Waals surface area contributed by atoms with Crippen molar-refractivity contribution in [3.05, 3.63) is 98.5 Å². The van der Waals surface area contributed by atoms with E-state index in [0.29, 0.717) is 5.56 Å². The molecule has 0 aliphatic heterocycles. The monoisotopic (exact) mass is 413 g/mol. The third-order valence-electron chi connectivity index (χ3n) is 6.17. The van der Waals surface area contributed by atoms with Crippen molar-refractivity contribution < 1.29 is 4.79 Å². The molecule has 2 aromatic rings. The predicted molar refractivity (Wildman–Crippen MR) is 125 cm³/mol. The Bertz CT molecular complexity index is 1200. The predicted octanol–water partition coefficient (Wildman–Crippen LogP) is 4.18. The minimum atomic E-state index is -0.513. The molecule has 0 radical (unpaired) electrons. The molecule has 2 aliphatic rings. The van der Waals surface area contributed by atoms with E-state index in [2.05, 4.69) is 36.3 Å². The molecule has 1 heterocycles. The summed E-state index contributed by atoms with van der Waals surface area (Å²) in [7, 11) is 1.63. The second kappa shape index (κ2) is 8.34. The normalized spacial score (nSPS) is 23.8. The smallest absolute Gasteiger partial charge is 0.251 e. The van der Waals surface area contributed by atoms with Crippen molar-refractivity contribution in [1.29, 1.82) is 0 Å². The Morgan fingerprint density at radius 2 is 2.06 bits per heavy atom. The van der Waals surface area contributed by atoms with E-state index in [4.69, 9.17) is 4.99 Å². The highest BCUT2D eigenvalue weighted by molar-refractivity contribution is 5.98. The molecular formula is C26H27N3O2. The van der Waals surface area contributed by atoms with Crippen molar-refractivity contribution in [2.24, 2.45) is 10.9 Å². The number of aromatic amines is 1. The topological polar surface area (TPSA) is 74.3 Å². The number of benzene rings is 1. The number of hydrogen-bond acceptors (Lipinski definition) is 3. The van der Waals surface area contributed by atoms with E-state index < -0.39 is 5.54 Å². The first-order valence-electron chi connectivity index (χ1n) is 10.6. The Labute approximate surface area is 182 Å². The Morgan fingerprint density at radius 3 is 2.84 bits per heavy atom. The summed E-state index contributed by atoms with van der Waals surface area (Å²) in [4.78, 5) is 32.2. The fraction of sp³-hybridized carbons (Fsp3) is 0.269. The van der Waals surface area contributed by atoms with Crippen molar-refractivity contribution in [3.63, 3.8) is 0 Å². The van der Waals surface area contributed by atoms with Crippen LogP contribution in [0.15, 0.2) is 75.6 Å². The molecule has 2 bridgehead atoms. The van der Waals surface area contributed by atoms with Gasteiger partial charge in [0.1, 0.15) is 5.54 Å². The van der Waals surface area contributed by atoms with Gasteiger partial charge in [0.25, 0.3) is 5.91 Å². The van der Waals surface area contributed by atoms with Crippen LogP contribution in [0.4, 0.5) is 0 Å². The maximum absolute atomic E-state index is 12.1. The number of rotatable bonds is 4. The summed E-state index contributed by atoms with van der Waals surface area (Å²) in [6.07, 6.45) is 11.6. The molecule has 0 saturated heterocycles. The SMILES string of the molecule is C/C=C1\C2C=C(C)CC1(/N=C/C=C/c1ccccc1C(=O)NC)c1ccc(=O)[nH]c1C2. The van der Waals surface area contributed by atoms with Gasteiger partial charge in [-0.1, -0.05) is 42.0 Å². The number of carbonyl (C=O) groups excluding carboxylic acids is 1. The van der Waals surface area contributed by atoms with Gasteiger partial charge in [0.15, 0.2) is 0 Å². The minimum Gasteiger partial charge on any atom is -0.355 e. The first-order valence-corrected chi connectivity index (χ1v) is 10.6. The summed E-state index contributed by atoms with van der Waals surface area (Å²) in [6.45, 7) is 4.21. The lowest BCUT2D eigenvalue weighted by Gasteiger charge is -2.45. The molecule has 5 heteroatoms. The number of hydrogen-bond donors (Lipinski definition) is 2. The van der Waals surface area contributed by atoms with Crippen LogP contribution in [0.25, 0.3) is 6.08 Å². The maximum atomic E-state index is 12.1. The number of nitrogens with one attached hydrogen (secondary N) is 2. The number of aliphatic imine (C=N–C) groups is 1. The number of H-pyrrole nitrogens is 1. The van der Waals surface area contributed by atoms with Crippen molar-refractivity contribution >= 4 is 18.2 Å². The summed E-state index contributed by atoms with van der Waals surface area (Å²) >= 11 is 0. The number of nitrogens with zero attached hydrogens (tertiary/aromatic N) is 1. The molecule has 1 aromatic heterocycles. The molecule has 2 unspecified atom stereocenters. The number of allylic oxidation sites excluding steroid dienone is 3. The lowest BCUT2D eigenvalue weighted by Crippen LogP contribution is -2.40. The average molecular weight is 414 g/mol. The van der Waals surface area contributed by atoms with Gasteiger partial charge in [-0.2, -0.15) is 0 Å². The van der Waals surface area contributed by atoms with Crippen molar-refractivity contribution in [2.75, 3.05) is 7.05 Å². The average Bonchev–Trinajstić information content (AvgIpc) is 2.75. The Hall–Kier alpha value is -3.47. The van der Waals surface area contributed by atoms with Gasteiger partial charge < -0.3 is 10.3 Å². The highest BCUT2D eigenvalue weighted by Crippen LogP contribution is 2.51. The van der Waals surface area contributed by atoms with Crippen LogP contribution in [0.3, 0.4) is 0 Å². The number of pyridine rings is 1. The van der Waals surface area contributed by atoms with Crippen LogP contribution in [0.1, 0.15) is 47.4 Å². The molecular weight excluding hydrogens is 386 g/mol. The zero-order valence-corrected chi connectivity index (χ0v) is 18.1. The van der Waals surface area contributed by atoms with Gasteiger partial charge in [-0.05, 0) is 49.6 Å². The molecule has 0 saturated carbocycles. The summed E-state index contributed by atoms with van der Waals surface area (Å²) in [5.74, 6) is 0.118. The molecule has 0 fully saturated rings. The highest BCUT2D eigenvalue weighted by Gasteiger charge is 2.46. The van der Waals surface area contributed by atoms with Crippen molar-refractivity contribution in [2.45, 2.75) is 32.2 Å². The second-order valence-electron chi connectivity index (χ2n) is 8.12. The number of amides is 1. The summed E-state index contributed by atoms with van der Waals surface area (Å²) in [5, 5.41) is 2.68. The zero-order valence-electron chi connectivity index (χ0n) is 18.1. The number of carbonyl (C=O) groups is 1. The van der Waals surface area contributed by atoms with Gasteiger partial charge in [-0.15, -0.1) is 0 Å². The summed E-state index contributed by atoms with van der Waals surface area (Å²) in [6, 6.07) is 11.0. The molecule has 2 atom stereocenters. The fourth-order valence-electron chi connectivity index (χ4n) is 4.95. The van der Waals surface area contributed by atoms with Crippen molar-refractivity contribution in [1.82, 2.24) is 10.3 Å². The number of fused-ring (bicyclic) bond motifs is 4. The van der Waals surface area contributed by atoms with E-state index in [0.717, 1.165) is 29.7 Å². The van der Waals surface area contributed by atoms with Gasteiger partial charge in [0, 0.05) is 48.5 Å². The Balaban J connectivity index is 1.75. The van der Waals surface area contributed by atoms with Gasteiger partial charge in [0.2, 0.25) is 5.56 Å². The van der Waals surface area contributed by atoms with Gasteiger partial charge in [-0.25, -0.2) is 0 Å². The molecule has 1 aromatic carbocycles. The zero-order chi connectivity index (χ0) is 22.0. The summed E-state index contributed by atoms with van der Waals surface area (Å²) in [5.41, 5.74) is 5.48. The quantitative estimate of drug-likeness (QED) is 0.583. The molecule has 31 heavy (non-hydrogen) atoms. The maximum Gasteiger partial charge on any atom is 0.251 e. The van der Waals surface area contributed by atoms with Crippen LogP contribution < -0.4 is 10.9 Å². The molecule has 0 spiro atoms. The highest BCUT2D eigenvalue weighted by atomic mass is 16.1. The second-order valence-corrected chi connectivity index (χ2v) is 8.12. The molecule has 2 aliphatic carbocycles. The largest absolute Gasteiger partial charge is 0.355 e. The number of aromatic nitrogens is 1. The molecule has 5 nitrogen and oxygen atoms in total. The van der Waals surface area contributed by atoms with Gasteiger partial charge >= 0.3 is 0 Å². The van der Waals surface area contributed by atoms with Crippen molar-refractivity contribution in [3.8, 4) is 0 Å². The van der Waals surface area contributed by atoms with E-state index in [1.807, 2.05) is 42.6 Å². The standard InChI is InChI=1S/C26H27N3O2/c1-4-21-19-14-17(2)16-26(21,22-11-12-24(30)29-23(22)15-19)28-13-7-9-18-8-5-6-10-20(18)25(31)27-3/h4-14,19H,15-16H2,1-3H3,(H,27,31)(H,29,30)/b9-7+,21-4+,28-13+. The van der Waals surface area contributed by atoms with E-state index in [1.54, 1.807) is 19.2 Å². The van der Waals surface area contributed by atoms with Crippen LogP contribution in [0, 0.1) is 5.92 Å². The van der Waals surface area contributed by atoms with E-state index in [-0.39, 0.29) is 17.4 Å². The van der Waals surface area contributed by atoms with E-state index in [1.165, 1.54) is 11.1 Å². The Morgan fingerprint density at radius 1 is 1.26 bits per heavy atom. The first-order chi connectivity index (χ1) is 15.0. The lowest BCUT2D eigenvalue weighted by atomic mass is 9.63. The molecule has 2 N–H and O–H groups in total. The summed E-state index contributed by atoms with van der Waals surface area (Å²) < 4.78 is 0. The molecule has 1 amide bonds. The van der Waals surface area contributed by atoms with Crippen LogP contribution in [0.2, 0.25) is 0 Å².